The van der Waals surface area contributed by atoms with Crippen molar-refractivity contribution in [3.63, 3.8) is 0 Å². The number of nitrogens with zero attached hydrogens (tertiary/aromatic N) is 2. The predicted octanol–water partition coefficient (Wildman–Crippen LogP) is 5.98. The molecule has 0 fully saturated rings. The molecule has 4 aromatic rings. The lowest BCUT2D eigenvalue weighted by molar-refractivity contribution is 1.13. The van der Waals surface area contributed by atoms with Gasteiger partial charge in [-0.3, -0.25) is 0 Å². The second-order valence-corrected chi connectivity index (χ2v) is 6.26. The molecule has 0 N–H and O–H groups in total. The van der Waals surface area contributed by atoms with Crippen LogP contribution < -0.4 is 4.90 Å². The smallest absolute Gasteiger partial charge is 0.141 e. The van der Waals surface area contributed by atoms with E-state index in [0.29, 0.717) is 0 Å². The van der Waals surface area contributed by atoms with Crippen molar-refractivity contribution in [1.29, 1.82) is 0 Å². The molecule has 2 nitrogen and oxygen atoms in total. The van der Waals surface area contributed by atoms with Crippen LogP contribution in [0.3, 0.4) is 0 Å². The zero-order valence-electron chi connectivity index (χ0n) is 14.5. The Morgan fingerprint density at radius 1 is 0.760 bits per heavy atom. The standard InChI is InChI=1S/C23H20N2/c1-17-10-6-9-15-22(17)25(2)23-20(18-11-4-3-5-12-18)16-19-13-7-8-14-21(19)24-23/h3-16H,1-2H3. The zero-order valence-corrected chi connectivity index (χ0v) is 14.5. The van der Waals surface area contributed by atoms with Gasteiger partial charge in [-0.2, -0.15) is 0 Å². The minimum absolute atomic E-state index is 0.971. The minimum atomic E-state index is 0.971. The number of anilines is 2. The maximum absolute atomic E-state index is 4.99. The monoisotopic (exact) mass is 324 g/mol. The van der Waals surface area contributed by atoms with E-state index in [-0.39, 0.29) is 0 Å². The average Bonchev–Trinajstić information content (AvgIpc) is 2.67. The Balaban J connectivity index is 1.96. The lowest BCUT2D eigenvalue weighted by Crippen LogP contribution is -2.13. The van der Waals surface area contributed by atoms with Gasteiger partial charge in [-0.25, -0.2) is 4.98 Å². The lowest BCUT2D eigenvalue weighted by Gasteiger charge is -2.24. The van der Waals surface area contributed by atoms with E-state index >= 15 is 0 Å². The molecule has 0 atom stereocenters. The fourth-order valence-corrected chi connectivity index (χ4v) is 3.25. The summed E-state index contributed by atoms with van der Waals surface area (Å²) in [6.45, 7) is 2.13. The Bertz CT molecular complexity index is 1020. The van der Waals surface area contributed by atoms with Crippen LogP contribution >= 0.6 is 0 Å². The summed E-state index contributed by atoms with van der Waals surface area (Å²) in [5.74, 6) is 0.971. The largest absolute Gasteiger partial charge is 0.329 e. The zero-order chi connectivity index (χ0) is 17.2. The van der Waals surface area contributed by atoms with Gasteiger partial charge in [0.2, 0.25) is 0 Å². The number of pyridine rings is 1. The van der Waals surface area contributed by atoms with Crippen LogP contribution in [0.4, 0.5) is 11.5 Å². The van der Waals surface area contributed by atoms with E-state index in [1.54, 1.807) is 0 Å². The normalized spacial score (nSPS) is 10.8. The van der Waals surface area contributed by atoms with Crippen molar-refractivity contribution < 1.29 is 0 Å². The van der Waals surface area contributed by atoms with E-state index in [4.69, 9.17) is 4.98 Å². The van der Waals surface area contributed by atoms with Crippen molar-refractivity contribution in [3.8, 4) is 11.1 Å². The molecule has 0 unspecified atom stereocenters. The predicted molar refractivity (Wildman–Crippen MR) is 106 cm³/mol. The molecular weight excluding hydrogens is 304 g/mol. The van der Waals surface area contributed by atoms with Gasteiger partial charge in [0.05, 0.1) is 5.52 Å². The van der Waals surface area contributed by atoms with E-state index < -0.39 is 0 Å². The molecule has 1 aromatic heterocycles. The number of hydrogen-bond acceptors (Lipinski definition) is 2. The number of fused-ring (bicyclic) bond motifs is 1. The van der Waals surface area contributed by atoms with Gasteiger partial charge in [-0.15, -0.1) is 0 Å². The Morgan fingerprint density at radius 3 is 2.24 bits per heavy atom. The third kappa shape index (κ3) is 2.87. The lowest BCUT2D eigenvalue weighted by atomic mass is 10.0. The molecule has 0 saturated carbocycles. The molecule has 0 spiro atoms. The molecule has 3 aromatic carbocycles. The molecule has 0 aliphatic rings. The summed E-state index contributed by atoms with van der Waals surface area (Å²) in [6, 6.07) is 29.4. The van der Waals surface area contributed by atoms with Gasteiger partial charge < -0.3 is 4.90 Å². The number of aryl methyl sites for hydroxylation is 1. The number of rotatable bonds is 3. The summed E-state index contributed by atoms with van der Waals surface area (Å²) in [5.41, 5.74) is 5.74. The van der Waals surface area contributed by atoms with Crippen LogP contribution in [-0.2, 0) is 0 Å². The average molecular weight is 324 g/mol. The highest BCUT2D eigenvalue weighted by molar-refractivity contribution is 5.91. The first kappa shape index (κ1) is 15.4. The molecule has 2 heteroatoms. The molecule has 122 valence electrons. The van der Waals surface area contributed by atoms with Crippen molar-refractivity contribution in [3.05, 3.63) is 90.5 Å². The fraction of sp³-hybridized carbons (Fsp3) is 0.0870. The summed E-state index contributed by atoms with van der Waals surface area (Å²) in [7, 11) is 2.09. The van der Waals surface area contributed by atoms with Gasteiger partial charge in [0.15, 0.2) is 0 Å². The number of para-hydroxylation sites is 2. The van der Waals surface area contributed by atoms with Crippen LogP contribution in [0, 0.1) is 6.92 Å². The molecule has 0 aliphatic heterocycles. The van der Waals surface area contributed by atoms with E-state index in [2.05, 4.69) is 91.7 Å². The molecular formula is C23H20N2. The maximum atomic E-state index is 4.99. The second kappa shape index (κ2) is 6.40. The van der Waals surface area contributed by atoms with Gasteiger partial charge >= 0.3 is 0 Å². The first-order valence-electron chi connectivity index (χ1n) is 8.48. The molecule has 4 rings (SSSR count). The summed E-state index contributed by atoms with van der Waals surface area (Å²) in [5, 5.41) is 1.16. The summed E-state index contributed by atoms with van der Waals surface area (Å²) in [4.78, 5) is 7.18. The Kier molecular flexibility index (Phi) is 3.95. The van der Waals surface area contributed by atoms with Crippen LogP contribution in [0.25, 0.3) is 22.0 Å². The highest BCUT2D eigenvalue weighted by atomic mass is 15.2. The van der Waals surface area contributed by atoms with E-state index in [1.807, 2.05) is 12.1 Å². The second-order valence-electron chi connectivity index (χ2n) is 6.26. The minimum Gasteiger partial charge on any atom is -0.329 e. The van der Waals surface area contributed by atoms with Gasteiger partial charge in [-0.05, 0) is 36.2 Å². The summed E-state index contributed by atoms with van der Waals surface area (Å²) in [6.07, 6.45) is 0. The molecule has 1 heterocycles. The SMILES string of the molecule is Cc1ccccc1N(C)c1nc2ccccc2cc1-c1ccccc1. The Morgan fingerprint density at radius 2 is 1.44 bits per heavy atom. The maximum Gasteiger partial charge on any atom is 0.141 e. The van der Waals surface area contributed by atoms with Crippen LogP contribution in [-0.4, -0.2) is 12.0 Å². The molecule has 0 aliphatic carbocycles. The van der Waals surface area contributed by atoms with Crippen molar-refractivity contribution in [2.45, 2.75) is 6.92 Å². The van der Waals surface area contributed by atoms with Crippen LogP contribution in [0.15, 0.2) is 84.9 Å². The quantitative estimate of drug-likeness (QED) is 0.461. The van der Waals surface area contributed by atoms with Crippen LogP contribution in [0.2, 0.25) is 0 Å². The van der Waals surface area contributed by atoms with E-state index in [9.17, 15) is 0 Å². The number of benzene rings is 3. The number of hydrogen-bond donors (Lipinski definition) is 0. The van der Waals surface area contributed by atoms with Gasteiger partial charge in [0, 0.05) is 23.7 Å². The van der Waals surface area contributed by atoms with Crippen LogP contribution in [0.5, 0.6) is 0 Å². The third-order valence-electron chi connectivity index (χ3n) is 4.58. The summed E-state index contributed by atoms with van der Waals surface area (Å²) >= 11 is 0. The topological polar surface area (TPSA) is 16.1 Å². The van der Waals surface area contributed by atoms with Crippen molar-refractivity contribution in [2.75, 3.05) is 11.9 Å². The molecule has 0 amide bonds. The first-order valence-corrected chi connectivity index (χ1v) is 8.48. The Labute approximate surface area is 148 Å². The van der Waals surface area contributed by atoms with Crippen molar-refractivity contribution in [1.82, 2.24) is 4.98 Å². The van der Waals surface area contributed by atoms with E-state index in [0.717, 1.165) is 22.3 Å². The van der Waals surface area contributed by atoms with Gasteiger partial charge in [0.1, 0.15) is 5.82 Å². The van der Waals surface area contributed by atoms with E-state index in [1.165, 1.54) is 16.8 Å². The van der Waals surface area contributed by atoms with Crippen molar-refractivity contribution >= 4 is 22.4 Å². The first-order chi connectivity index (χ1) is 12.2. The molecule has 0 bridgehead atoms. The van der Waals surface area contributed by atoms with Gasteiger partial charge in [-0.1, -0.05) is 66.7 Å². The van der Waals surface area contributed by atoms with Crippen molar-refractivity contribution in [2.24, 2.45) is 0 Å². The molecule has 25 heavy (non-hydrogen) atoms. The molecule has 0 radical (unpaired) electrons. The van der Waals surface area contributed by atoms with Crippen LogP contribution in [0.1, 0.15) is 5.56 Å². The fourth-order valence-electron chi connectivity index (χ4n) is 3.25. The Hall–Kier alpha value is -3.13. The molecule has 0 saturated heterocycles. The highest BCUT2D eigenvalue weighted by Crippen LogP contribution is 2.35. The number of aromatic nitrogens is 1. The third-order valence-corrected chi connectivity index (χ3v) is 4.58. The summed E-state index contributed by atoms with van der Waals surface area (Å²) < 4.78 is 0. The van der Waals surface area contributed by atoms with Gasteiger partial charge in [0.25, 0.3) is 0 Å². The highest BCUT2D eigenvalue weighted by Gasteiger charge is 2.15.